The monoisotopic (exact) mass is 295 g/mol. The van der Waals surface area contributed by atoms with E-state index in [-0.39, 0.29) is 22.9 Å². The number of hydrogen-bond acceptors (Lipinski definition) is 4. The van der Waals surface area contributed by atoms with Crippen LogP contribution < -0.4 is 5.32 Å². The van der Waals surface area contributed by atoms with Gasteiger partial charge in [-0.3, -0.25) is 9.59 Å². The van der Waals surface area contributed by atoms with Gasteiger partial charge in [0.25, 0.3) is 0 Å². The zero-order valence-electron chi connectivity index (χ0n) is 12.1. The number of anilines is 1. The molecule has 1 N–H and O–H groups in total. The van der Waals surface area contributed by atoms with Gasteiger partial charge < -0.3 is 10.1 Å². The number of hydrogen-bond donors (Lipinski definition) is 1. The van der Waals surface area contributed by atoms with Gasteiger partial charge in [0.2, 0.25) is 5.91 Å². The smallest absolute Gasteiger partial charge is 0.315 e. The lowest BCUT2D eigenvalue weighted by molar-refractivity contribution is -0.139. The van der Waals surface area contributed by atoms with E-state index < -0.39 is 0 Å². The number of aryl methyl sites for hydroxylation is 1. The number of benzene rings is 1. The fourth-order valence-corrected chi connectivity index (χ4v) is 2.22. The van der Waals surface area contributed by atoms with E-state index in [0.717, 1.165) is 12.1 Å². The van der Waals surface area contributed by atoms with Crippen molar-refractivity contribution < 1.29 is 14.3 Å². The summed E-state index contributed by atoms with van der Waals surface area (Å²) in [5.74, 6) is -0.204. The van der Waals surface area contributed by atoms with Gasteiger partial charge in [0.05, 0.1) is 17.6 Å². The van der Waals surface area contributed by atoms with Crippen molar-refractivity contribution in [2.24, 2.45) is 0 Å². The van der Waals surface area contributed by atoms with Crippen molar-refractivity contribution in [2.45, 2.75) is 32.4 Å². The first-order chi connectivity index (χ1) is 9.56. The van der Waals surface area contributed by atoms with Gasteiger partial charge in [-0.05, 0) is 38.0 Å². The van der Waals surface area contributed by atoms with Crippen molar-refractivity contribution in [1.82, 2.24) is 0 Å². The Morgan fingerprint density at radius 2 is 1.90 bits per heavy atom. The molecule has 1 unspecified atom stereocenters. The van der Waals surface area contributed by atoms with Crippen molar-refractivity contribution >= 4 is 29.3 Å². The molecule has 1 atom stereocenters. The highest BCUT2D eigenvalue weighted by Gasteiger charge is 2.15. The zero-order valence-corrected chi connectivity index (χ0v) is 13.0. The number of nitrogens with one attached hydrogen (secondary N) is 1. The summed E-state index contributed by atoms with van der Waals surface area (Å²) >= 11 is 1.27. The molecule has 0 heterocycles. The van der Waals surface area contributed by atoms with Gasteiger partial charge in [0, 0.05) is 5.69 Å². The highest BCUT2D eigenvalue weighted by Crippen LogP contribution is 2.15. The Morgan fingerprint density at radius 1 is 1.25 bits per heavy atom. The lowest BCUT2D eigenvalue weighted by Crippen LogP contribution is -2.24. The van der Waals surface area contributed by atoms with Crippen molar-refractivity contribution in [3.05, 3.63) is 29.8 Å². The Bertz CT molecular complexity index is 445. The van der Waals surface area contributed by atoms with Crippen LogP contribution in [-0.4, -0.2) is 29.5 Å². The molecule has 1 amide bonds. The van der Waals surface area contributed by atoms with Crippen LogP contribution in [0.3, 0.4) is 0 Å². The number of carbonyl (C=O) groups excluding carboxylic acids is 2. The third-order valence-corrected chi connectivity index (χ3v) is 3.87. The van der Waals surface area contributed by atoms with Gasteiger partial charge in [-0.2, -0.15) is 0 Å². The van der Waals surface area contributed by atoms with Gasteiger partial charge in [0.1, 0.15) is 0 Å². The van der Waals surface area contributed by atoms with Crippen LogP contribution >= 0.6 is 11.8 Å². The van der Waals surface area contributed by atoms with Crippen molar-refractivity contribution in [1.29, 1.82) is 0 Å². The molecule has 1 aromatic carbocycles. The SMILES string of the molecule is CCOC(=O)CSC(C)C(=O)Nc1ccc(CC)cc1. The zero-order chi connectivity index (χ0) is 15.0. The molecule has 0 saturated heterocycles. The largest absolute Gasteiger partial charge is 0.465 e. The number of esters is 1. The van der Waals surface area contributed by atoms with Crippen molar-refractivity contribution in [3.63, 3.8) is 0 Å². The maximum Gasteiger partial charge on any atom is 0.315 e. The van der Waals surface area contributed by atoms with Gasteiger partial charge in [0.15, 0.2) is 0 Å². The number of rotatable bonds is 7. The first-order valence-corrected chi connectivity index (χ1v) is 7.78. The first kappa shape index (κ1) is 16.6. The van der Waals surface area contributed by atoms with Gasteiger partial charge in [-0.25, -0.2) is 0 Å². The summed E-state index contributed by atoms with van der Waals surface area (Å²) < 4.78 is 4.82. The summed E-state index contributed by atoms with van der Waals surface area (Å²) in [5.41, 5.74) is 2.00. The fraction of sp³-hybridized carbons (Fsp3) is 0.467. The highest BCUT2D eigenvalue weighted by atomic mass is 32.2. The molecule has 1 rings (SSSR count). The first-order valence-electron chi connectivity index (χ1n) is 6.73. The molecule has 0 aromatic heterocycles. The number of ether oxygens (including phenoxy) is 1. The second-order valence-corrected chi connectivity index (χ2v) is 5.63. The van der Waals surface area contributed by atoms with E-state index in [1.54, 1.807) is 13.8 Å². The van der Waals surface area contributed by atoms with E-state index in [1.807, 2.05) is 24.3 Å². The van der Waals surface area contributed by atoms with E-state index in [2.05, 4.69) is 12.2 Å². The molecule has 4 nitrogen and oxygen atoms in total. The van der Waals surface area contributed by atoms with Crippen LogP contribution in [0, 0.1) is 0 Å². The Hall–Kier alpha value is -1.49. The van der Waals surface area contributed by atoms with E-state index in [0.29, 0.717) is 6.61 Å². The summed E-state index contributed by atoms with van der Waals surface area (Å²) in [4.78, 5) is 23.2. The maximum absolute atomic E-state index is 12.0. The minimum absolute atomic E-state index is 0.108. The Morgan fingerprint density at radius 3 is 2.45 bits per heavy atom. The lowest BCUT2D eigenvalue weighted by Gasteiger charge is -2.12. The average molecular weight is 295 g/mol. The molecular weight excluding hydrogens is 274 g/mol. The van der Waals surface area contributed by atoms with Gasteiger partial charge >= 0.3 is 5.97 Å². The molecule has 0 aliphatic heterocycles. The molecule has 0 aliphatic carbocycles. The topological polar surface area (TPSA) is 55.4 Å². The molecular formula is C15H21NO3S. The summed E-state index contributed by atoms with van der Waals surface area (Å²) in [5, 5.41) is 2.54. The van der Waals surface area contributed by atoms with E-state index in [9.17, 15) is 9.59 Å². The Balaban J connectivity index is 2.42. The molecule has 0 aliphatic rings. The molecule has 0 radical (unpaired) electrons. The lowest BCUT2D eigenvalue weighted by atomic mass is 10.1. The summed E-state index contributed by atoms with van der Waals surface area (Å²) in [6.45, 7) is 5.99. The Labute approximate surface area is 124 Å². The fourth-order valence-electron chi connectivity index (χ4n) is 1.54. The van der Waals surface area contributed by atoms with Crippen molar-refractivity contribution in [2.75, 3.05) is 17.7 Å². The average Bonchev–Trinajstić information content (AvgIpc) is 2.45. The molecule has 110 valence electrons. The maximum atomic E-state index is 12.0. The third-order valence-electron chi connectivity index (χ3n) is 2.76. The van der Waals surface area contributed by atoms with E-state index >= 15 is 0 Å². The second-order valence-electron chi connectivity index (χ2n) is 4.30. The van der Waals surface area contributed by atoms with E-state index in [4.69, 9.17) is 4.74 Å². The van der Waals surface area contributed by atoms with Gasteiger partial charge in [-0.1, -0.05) is 19.1 Å². The standard InChI is InChI=1S/C15H21NO3S/c1-4-12-6-8-13(9-7-12)16-15(18)11(3)20-10-14(17)19-5-2/h6-9,11H,4-5,10H2,1-3H3,(H,16,18). The second kappa shape index (κ2) is 8.64. The predicted molar refractivity (Wildman–Crippen MR) is 83.0 cm³/mol. The molecule has 5 heteroatoms. The summed E-state index contributed by atoms with van der Waals surface area (Å²) in [6, 6.07) is 7.76. The van der Waals surface area contributed by atoms with Gasteiger partial charge in [-0.15, -0.1) is 11.8 Å². The number of thioether (sulfide) groups is 1. The van der Waals surface area contributed by atoms with Crippen LogP contribution in [0.1, 0.15) is 26.3 Å². The number of amides is 1. The molecule has 1 aromatic rings. The molecule has 0 fully saturated rings. The normalized spacial score (nSPS) is 11.8. The highest BCUT2D eigenvalue weighted by molar-refractivity contribution is 8.01. The minimum Gasteiger partial charge on any atom is -0.465 e. The molecule has 0 saturated carbocycles. The number of carbonyl (C=O) groups is 2. The quantitative estimate of drug-likeness (QED) is 0.786. The van der Waals surface area contributed by atoms with Crippen LogP contribution in [0.2, 0.25) is 0 Å². The molecule has 0 spiro atoms. The van der Waals surface area contributed by atoms with Crippen LogP contribution in [0.25, 0.3) is 0 Å². The van der Waals surface area contributed by atoms with E-state index in [1.165, 1.54) is 17.3 Å². The Kier molecular flexibility index (Phi) is 7.15. The third kappa shape index (κ3) is 5.65. The van der Waals surface area contributed by atoms with Crippen LogP contribution in [0.5, 0.6) is 0 Å². The summed E-state index contributed by atoms with van der Waals surface area (Å²) in [7, 11) is 0. The van der Waals surface area contributed by atoms with Crippen LogP contribution in [-0.2, 0) is 20.7 Å². The van der Waals surface area contributed by atoms with Crippen LogP contribution in [0.4, 0.5) is 5.69 Å². The summed E-state index contributed by atoms with van der Waals surface area (Å²) in [6.07, 6.45) is 0.972. The molecule has 20 heavy (non-hydrogen) atoms. The molecule has 0 bridgehead atoms. The van der Waals surface area contributed by atoms with Crippen LogP contribution in [0.15, 0.2) is 24.3 Å². The predicted octanol–water partition coefficient (Wildman–Crippen LogP) is 2.87. The minimum atomic E-state index is -0.301. The van der Waals surface area contributed by atoms with Crippen molar-refractivity contribution in [3.8, 4) is 0 Å².